The van der Waals surface area contributed by atoms with E-state index in [1.807, 2.05) is 6.92 Å². The average Bonchev–Trinajstić information content (AvgIpc) is 2.37. The SMILES string of the molecule is CCCc1nc(N)nc(-c2ccc(Br)cc2C(F)(F)F)n1. The zero-order valence-corrected chi connectivity index (χ0v) is 12.7. The van der Waals surface area contributed by atoms with Crippen LogP contribution in [0.3, 0.4) is 0 Å². The molecule has 0 aliphatic heterocycles. The van der Waals surface area contributed by atoms with Crippen LogP contribution in [0.4, 0.5) is 19.1 Å². The van der Waals surface area contributed by atoms with E-state index < -0.39 is 11.7 Å². The van der Waals surface area contributed by atoms with Crippen LogP contribution in [0.5, 0.6) is 0 Å². The fraction of sp³-hybridized carbons (Fsp3) is 0.308. The van der Waals surface area contributed by atoms with Crippen LogP contribution in [-0.4, -0.2) is 15.0 Å². The van der Waals surface area contributed by atoms with Crippen molar-refractivity contribution in [2.75, 3.05) is 5.73 Å². The zero-order chi connectivity index (χ0) is 15.6. The molecule has 0 spiro atoms. The van der Waals surface area contributed by atoms with Gasteiger partial charge in [-0.1, -0.05) is 22.9 Å². The smallest absolute Gasteiger partial charge is 0.368 e. The first-order valence-electron chi connectivity index (χ1n) is 6.18. The Balaban J connectivity index is 2.61. The highest BCUT2D eigenvalue weighted by Gasteiger charge is 2.34. The predicted molar refractivity (Wildman–Crippen MR) is 76.4 cm³/mol. The molecule has 0 bridgehead atoms. The van der Waals surface area contributed by atoms with Gasteiger partial charge in [-0.25, -0.2) is 4.98 Å². The minimum atomic E-state index is -4.51. The van der Waals surface area contributed by atoms with Crippen molar-refractivity contribution in [1.82, 2.24) is 15.0 Å². The quantitative estimate of drug-likeness (QED) is 0.902. The second-order valence-electron chi connectivity index (χ2n) is 4.37. The van der Waals surface area contributed by atoms with E-state index in [0.717, 1.165) is 12.5 Å². The molecule has 2 rings (SSSR count). The lowest BCUT2D eigenvalue weighted by Crippen LogP contribution is -2.10. The van der Waals surface area contributed by atoms with E-state index >= 15 is 0 Å². The first-order chi connectivity index (χ1) is 9.81. The minimum absolute atomic E-state index is 0.0641. The van der Waals surface area contributed by atoms with Crippen LogP contribution in [0, 0.1) is 0 Å². The Hall–Kier alpha value is -1.70. The maximum atomic E-state index is 13.1. The Morgan fingerprint density at radius 1 is 1.19 bits per heavy atom. The van der Waals surface area contributed by atoms with Gasteiger partial charge in [0.15, 0.2) is 5.82 Å². The van der Waals surface area contributed by atoms with Gasteiger partial charge in [0.25, 0.3) is 0 Å². The van der Waals surface area contributed by atoms with Crippen LogP contribution in [-0.2, 0) is 12.6 Å². The number of aryl methyl sites for hydroxylation is 1. The Kier molecular flexibility index (Phi) is 4.46. The number of hydrogen-bond donors (Lipinski definition) is 1. The summed E-state index contributed by atoms with van der Waals surface area (Å²) in [6.45, 7) is 1.92. The third-order valence-electron chi connectivity index (χ3n) is 2.70. The van der Waals surface area contributed by atoms with Crippen LogP contribution in [0.1, 0.15) is 24.7 Å². The molecular formula is C13H12BrF3N4. The highest BCUT2D eigenvalue weighted by molar-refractivity contribution is 9.10. The molecule has 21 heavy (non-hydrogen) atoms. The Labute approximate surface area is 127 Å². The van der Waals surface area contributed by atoms with Crippen LogP contribution >= 0.6 is 15.9 Å². The molecule has 112 valence electrons. The Morgan fingerprint density at radius 2 is 1.90 bits per heavy atom. The van der Waals surface area contributed by atoms with Gasteiger partial charge >= 0.3 is 6.18 Å². The third-order valence-corrected chi connectivity index (χ3v) is 3.19. The zero-order valence-electron chi connectivity index (χ0n) is 11.1. The van der Waals surface area contributed by atoms with Crippen molar-refractivity contribution in [3.63, 3.8) is 0 Å². The number of rotatable bonds is 3. The number of nitrogens with zero attached hydrogens (tertiary/aromatic N) is 3. The number of aromatic nitrogens is 3. The van der Waals surface area contributed by atoms with Crippen molar-refractivity contribution in [3.05, 3.63) is 34.1 Å². The summed E-state index contributed by atoms with van der Waals surface area (Å²) in [6.07, 6.45) is -3.22. The van der Waals surface area contributed by atoms with Gasteiger partial charge in [-0.05, 0) is 24.6 Å². The fourth-order valence-electron chi connectivity index (χ4n) is 1.84. The number of anilines is 1. The molecule has 2 N–H and O–H groups in total. The lowest BCUT2D eigenvalue weighted by molar-refractivity contribution is -0.137. The largest absolute Gasteiger partial charge is 0.417 e. The molecule has 0 saturated carbocycles. The van der Waals surface area contributed by atoms with Crippen molar-refractivity contribution in [1.29, 1.82) is 0 Å². The second-order valence-corrected chi connectivity index (χ2v) is 5.29. The van der Waals surface area contributed by atoms with E-state index in [-0.39, 0.29) is 17.3 Å². The number of benzene rings is 1. The summed E-state index contributed by atoms with van der Waals surface area (Å²) >= 11 is 3.04. The fourth-order valence-corrected chi connectivity index (χ4v) is 2.20. The monoisotopic (exact) mass is 360 g/mol. The van der Waals surface area contributed by atoms with Gasteiger partial charge in [0, 0.05) is 16.5 Å². The van der Waals surface area contributed by atoms with E-state index in [2.05, 4.69) is 30.9 Å². The molecule has 8 heteroatoms. The third kappa shape index (κ3) is 3.69. The summed E-state index contributed by atoms with van der Waals surface area (Å²) < 4.78 is 39.7. The number of nitrogen functional groups attached to an aromatic ring is 1. The summed E-state index contributed by atoms with van der Waals surface area (Å²) in [5, 5.41) is 0. The van der Waals surface area contributed by atoms with E-state index in [9.17, 15) is 13.2 Å². The van der Waals surface area contributed by atoms with Crippen LogP contribution in [0.25, 0.3) is 11.4 Å². The summed E-state index contributed by atoms with van der Waals surface area (Å²) in [5.41, 5.74) is 4.63. The maximum absolute atomic E-state index is 13.1. The van der Waals surface area contributed by atoms with Gasteiger partial charge in [0.2, 0.25) is 5.95 Å². The topological polar surface area (TPSA) is 64.7 Å². The van der Waals surface area contributed by atoms with Crippen molar-refractivity contribution in [2.24, 2.45) is 0 Å². The number of hydrogen-bond acceptors (Lipinski definition) is 4. The summed E-state index contributed by atoms with van der Waals surface area (Å²) in [4.78, 5) is 11.8. The molecule has 0 aliphatic rings. The van der Waals surface area contributed by atoms with Gasteiger partial charge in [0.05, 0.1) is 5.56 Å². The molecule has 2 aromatic rings. The predicted octanol–water partition coefficient (Wildman–Crippen LogP) is 3.85. The minimum Gasteiger partial charge on any atom is -0.368 e. The number of nitrogens with two attached hydrogens (primary N) is 1. The van der Waals surface area contributed by atoms with Crippen LogP contribution in [0.15, 0.2) is 22.7 Å². The second kappa shape index (κ2) is 5.97. The molecule has 0 unspecified atom stereocenters. The normalized spacial score (nSPS) is 11.7. The molecule has 1 aromatic carbocycles. The molecule has 0 atom stereocenters. The molecule has 4 nitrogen and oxygen atoms in total. The van der Waals surface area contributed by atoms with Crippen molar-refractivity contribution in [3.8, 4) is 11.4 Å². The maximum Gasteiger partial charge on any atom is 0.417 e. The first kappa shape index (κ1) is 15.7. The number of halogens is 4. The van der Waals surface area contributed by atoms with Gasteiger partial charge in [-0.2, -0.15) is 23.1 Å². The Morgan fingerprint density at radius 3 is 2.52 bits per heavy atom. The van der Waals surface area contributed by atoms with Gasteiger partial charge in [-0.15, -0.1) is 0 Å². The van der Waals surface area contributed by atoms with Crippen LogP contribution < -0.4 is 5.73 Å². The summed E-state index contributed by atoms with van der Waals surface area (Å²) in [5.74, 6) is 0.237. The van der Waals surface area contributed by atoms with E-state index in [1.54, 1.807) is 0 Å². The van der Waals surface area contributed by atoms with Crippen LogP contribution in [0.2, 0.25) is 0 Å². The first-order valence-corrected chi connectivity index (χ1v) is 6.98. The van der Waals surface area contributed by atoms with Crippen molar-refractivity contribution >= 4 is 21.9 Å². The van der Waals surface area contributed by atoms with Crippen molar-refractivity contribution in [2.45, 2.75) is 25.9 Å². The molecule has 0 fully saturated rings. The Bertz CT molecular complexity index is 658. The highest BCUT2D eigenvalue weighted by atomic mass is 79.9. The molecule has 0 radical (unpaired) electrons. The summed E-state index contributed by atoms with van der Waals surface area (Å²) in [7, 11) is 0. The van der Waals surface area contributed by atoms with Gasteiger partial charge in [-0.3, -0.25) is 0 Å². The number of alkyl halides is 3. The molecule has 0 amide bonds. The average molecular weight is 361 g/mol. The van der Waals surface area contributed by atoms with E-state index in [4.69, 9.17) is 5.73 Å². The van der Waals surface area contributed by atoms with Gasteiger partial charge < -0.3 is 5.73 Å². The molecule has 0 aliphatic carbocycles. The molecule has 0 saturated heterocycles. The molecular weight excluding hydrogens is 349 g/mol. The standard InChI is InChI=1S/C13H12BrF3N4/c1-2-3-10-19-11(21-12(18)20-10)8-5-4-7(14)6-9(8)13(15,16)17/h4-6H,2-3H2,1H3,(H2,18,19,20,21). The van der Waals surface area contributed by atoms with E-state index in [1.165, 1.54) is 12.1 Å². The van der Waals surface area contributed by atoms with Gasteiger partial charge in [0.1, 0.15) is 5.82 Å². The molecule has 1 aromatic heterocycles. The lowest BCUT2D eigenvalue weighted by Gasteiger charge is -2.13. The highest BCUT2D eigenvalue weighted by Crippen LogP contribution is 2.37. The summed E-state index contributed by atoms with van der Waals surface area (Å²) in [6, 6.07) is 3.82. The lowest BCUT2D eigenvalue weighted by atomic mass is 10.1. The molecule has 1 heterocycles. The van der Waals surface area contributed by atoms with Crippen molar-refractivity contribution < 1.29 is 13.2 Å². The van der Waals surface area contributed by atoms with E-state index in [0.29, 0.717) is 16.7 Å².